The zero-order chi connectivity index (χ0) is 21.8. The molecule has 0 saturated heterocycles. The van der Waals surface area contributed by atoms with E-state index in [2.05, 4.69) is 126 Å². The Morgan fingerprint density at radius 1 is 0.594 bits per heavy atom. The van der Waals surface area contributed by atoms with Crippen molar-refractivity contribution >= 4 is 18.4 Å². The van der Waals surface area contributed by atoms with Crippen LogP contribution in [-0.4, -0.2) is 22.8 Å². The second-order valence-corrected chi connectivity index (χ2v) is 12.4. The van der Waals surface area contributed by atoms with Crippen molar-refractivity contribution in [3.63, 3.8) is 0 Å². The lowest BCUT2D eigenvalue weighted by atomic mass is 10.1. The number of rotatable bonds is 6. The van der Waals surface area contributed by atoms with Gasteiger partial charge in [-0.05, 0) is 22.3 Å². The fourth-order valence-corrected chi connectivity index (χ4v) is 7.62. The van der Waals surface area contributed by atoms with E-state index in [9.17, 15) is 0 Å². The van der Waals surface area contributed by atoms with Crippen molar-refractivity contribution in [1.82, 2.24) is 14.8 Å². The van der Waals surface area contributed by atoms with E-state index in [-0.39, 0.29) is 0 Å². The lowest BCUT2D eigenvalue weighted by molar-refractivity contribution is 0.727. The van der Waals surface area contributed by atoms with Gasteiger partial charge in [0.2, 0.25) is 0 Å². The number of nitrogens with zero attached hydrogens (tertiary/aromatic N) is 3. The average Bonchev–Trinajstić information content (AvgIpc) is 3.38. The van der Waals surface area contributed by atoms with Gasteiger partial charge >= 0.3 is 0 Å². The second kappa shape index (κ2) is 8.77. The van der Waals surface area contributed by atoms with Crippen molar-refractivity contribution in [3.05, 3.63) is 122 Å². The molecule has 1 aromatic heterocycles. The Morgan fingerprint density at radius 3 is 1.44 bits per heavy atom. The monoisotopic (exact) mass is 431 g/mol. The van der Waals surface area contributed by atoms with E-state index in [1.165, 1.54) is 32.6 Å². The van der Waals surface area contributed by atoms with Gasteiger partial charge < -0.3 is 0 Å². The number of hydrogen-bond acceptors (Lipinski definition) is 2. The highest BCUT2D eigenvalue weighted by Gasteiger charge is 2.33. The van der Waals surface area contributed by atoms with E-state index in [1.54, 1.807) is 6.33 Å². The SMILES string of the molecule is C[Si](Cn1cncn1)(c1ccc(-c2ccccc2)cc1)c1ccc(-c2ccccc2)cc1. The first kappa shape index (κ1) is 20.2. The normalized spacial score (nSPS) is 11.4. The molecule has 0 fully saturated rings. The largest absolute Gasteiger partial charge is 0.255 e. The minimum Gasteiger partial charge on any atom is -0.255 e. The van der Waals surface area contributed by atoms with Crippen LogP contribution in [0, 0.1) is 0 Å². The van der Waals surface area contributed by atoms with Crippen LogP contribution in [0.5, 0.6) is 0 Å². The first-order valence-corrected chi connectivity index (χ1v) is 13.6. The van der Waals surface area contributed by atoms with Crippen LogP contribution in [0.3, 0.4) is 0 Å². The van der Waals surface area contributed by atoms with Crippen molar-refractivity contribution in [2.75, 3.05) is 0 Å². The van der Waals surface area contributed by atoms with Crippen molar-refractivity contribution in [1.29, 1.82) is 0 Å². The molecule has 1 heterocycles. The molecule has 0 N–H and O–H groups in total. The molecule has 32 heavy (non-hydrogen) atoms. The fourth-order valence-electron chi connectivity index (χ4n) is 4.31. The molecule has 4 heteroatoms. The molecule has 0 aliphatic heterocycles. The van der Waals surface area contributed by atoms with Crippen LogP contribution in [0.15, 0.2) is 122 Å². The van der Waals surface area contributed by atoms with Crippen LogP contribution in [-0.2, 0) is 6.17 Å². The molecule has 0 saturated carbocycles. The zero-order valence-electron chi connectivity index (χ0n) is 18.1. The minimum atomic E-state index is -2.09. The summed E-state index contributed by atoms with van der Waals surface area (Å²) in [5.74, 6) is 0. The van der Waals surface area contributed by atoms with Crippen LogP contribution in [0.2, 0.25) is 6.55 Å². The Labute approximate surface area is 190 Å². The van der Waals surface area contributed by atoms with Crippen molar-refractivity contribution in [3.8, 4) is 22.3 Å². The quantitative estimate of drug-likeness (QED) is 0.353. The standard InChI is InChI=1S/C28H25N3Si/c1-32(22-31-21-29-20-30-31,27-16-12-25(13-17-27)23-8-4-2-5-9-23)28-18-14-26(15-19-28)24-10-6-3-7-11-24/h2-21H,22H2,1H3. The maximum atomic E-state index is 4.42. The van der Waals surface area contributed by atoms with Gasteiger partial charge in [0, 0.05) is 6.17 Å². The van der Waals surface area contributed by atoms with Crippen LogP contribution >= 0.6 is 0 Å². The predicted octanol–water partition coefficient (Wildman–Crippen LogP) is 5.04. The molecule has 4 aromatic carbocycles. The van der Waals surface area contributed by atoms with Crippen LogP contribution in [0.1, 0.15) is 0 Å². The van der Waals surface area contributed by atoms with Crippen LogP contribution in [0.25, 0.3) is 22.3 Å². The van der Waals surface area contributed by atoms with Crippen molar-refractivity contribution < 1.29 is 0 Å². The molecule has 0 radical (unpaired) electrons. The molecule has 0 spiro atoms. The molecule has 156 valence electrons. The van der Waals surface area contributed by atoms with E-state index in [0.717, 1.165) is 6.17 Å². The van der Waals surface area contributed by atoms with Gasteiger partial charge in [0.25, 0.3) is 0 Å². The van der Waals surface area contributed by atoms with Crippen LogP contribution < -0.4 is 10.4 Å². The lowest BCUT2D eigenvalue weighted by Crippen LogP contribution is -2.59. The number of benzene rings is 4. The van der Waals surface area contributed by atoms with E-state index >= 15 is 0 Å². The van der Waals surface area contributed by atoms with Gasteiger partial charge in [-0.3, -0.25) is 4.68 Å². The topological polar surface area (TPSA) is 30.7 Å². The van der Waals surface area contributed by atoms with Crippen molar-refractivity contribution in [2.24, 2.45) is 0 Å². The summed E-state index contributed by atoms with van der Waals surface area (Å²) in [5.41, 5.74) is 4.97. The third kappa shape index (κ3) is 4.05. The van der Waals surface area contributed by atoms with Gasteiger partial charge in [-0.1, -0.05) is 126 Å². The maximum absolute atomic E-state index is 4.42. The van der Waals surface area contributed by atoms with Gasteiger partial charge in [0.05, 0.1) is 0 Å². The van der Waals surface area contributed by atoms with Gasteiger partial charge in [-0.15, -0.1) is 0 Å². The summed E-state index contributed by atoms with van der Waals surface area (Å²) in [6.45, 7) is 2.42. The summed E-state index contributed by atoms with van der Waals surface area (Å²) in [4.78, 5) is 4.18. The fraction of sp³-hybridized carbons (Fsp3) is 0.0714. The summed E-state index contributed by atoms with van der Waals surface area (Å²) in [5, 5.41) is 7.20. The highest BCUT2D eigenvalue weighted by Crippen LogP contribution is 2.21. The molecule has 0 atom stereocenters. The summed E-state index contributed by atoms with van der Waals surface area (Å²) in [6.07, 6.45) is 4.29. The van der Waals surface area contributed by atoms with E-state index in [4.69, 9.17) is 0 Å². The molecule has 0 unspecified atom stereocenters. The lowest BCUT2D eigenvalue weighted by Gasteiger charge is -2.29. The molecule has 3 nitrogen and oxygen atoms in total. The average molecular weight is 432 g/mol. The third-order valence-corrected chi connectivity index (χ3v) is 10.4. The molecular weight excluding hydrogens is 406 g/mol. The summed E-state index contributed by atoms with van der Waals surface area (Å²) in [7, 11) is -2.09. The molecule has 0 aliphatic rings. The molecule has 5 aromatic rings. The smallest absolute Gasteiger partial charge is 0.137 e. The predicted molar refractivity (Wildman–Crippen MR) is 135 cm³/mol. The Bertz CT molecular complexity index is 1180. The second-order valence-electron chi connectivity index (χ2n) is 8.31. The molecule has 0 bridgehead atoms. The first-order chi connectivity index (χ1) is 15.7. The summed E-state index contributed by atoms with van der Waals surface area (Å²) < 4.78 is 1.97. The van der Waals surface area contributed by atoms with Crippen molar-refractivity contribution in [2.45, 2.75) is 12.7 Å². The molecule has 0 amide bonds. The minimum absolute atomic E-state index is 0.850. The van der Waals surface area contributed by atoms with Gasteiger partial charge in [-0.2, -0.15) is 5.10 Å². The Kier molecular flexibility index (Phi) is 5.52. The summed E-state index contributed by atoms with van der Waals surface area (Å²) >= 11 is 0. The highest BCUT2D eigenvalue weighted by molar-refractivity contribution is 7.00. The first-order valence-electron chi connectivity index (χ1n) is 10.9. The Morgan fingerprint density at radius 2 is 1.03 bits per heavy atom. The summed E-state index contributed by atoms with van der Waals surface area (Å²) in [6, 6.07) is 39.3. The van der Waals surface area contributed by atoms with Gasteiger partial charge in [0.15, 0.2) is 0 Å². The maximum Gasteiger partial charge on any atom is 0.137 e. The highest BCUT2D eigenvalue weighted by atomic mass is 28.3. The van der Waals surface area contributed by atoms with E-state index < -0.39 is 8.07 Å². The van der Waals surface area contributed by atoms with Gasteiger partial charge in [0.1, 0.15) is 20.7 Å². The molecular formula is C28H25N3Si. The molecule has 0 aliphatic carbocycles. The third-order valence-electron chi connectivity index (χ3n) is 6.20. The van der Waals surface area contributed by atoms with Crippen LogP contribution in [0.4, 0.5) is 0 Å². The Balaban J connectivity index is 1.53. The number of aromatic nitrogens is 3. The van der Waals surface area contributed by atoms with E-state index in [1.807, 2.05) is 11.0 Å². The Hall–Kier alpha value is -3.76. The van der Waals surface area contributed by atoms with E-state index in [0.29, 0.717) is 0 Å². The number of hydrogen-bond donors (Lipinski definition) is 0. The molecule has 5 rings (SSSR count). The van der Waals surface area contributed by atoms with Gasteiger partial charge in [-0.25, -0.2) is 4.98 Å². The zero-order valence-corrected chi connectivity index (χ0v) is 19.1.